The summed E-state index contributed by atoms with van der Waals surface area (Å²) < 4.78 is 18.4. The summed E-state index contributed by atoms with van der Waals surface area (Å²) in [6.45, 7) is 7.44. The van der Waals surface area contributed by atoms with E-state index < -0.39 is 14.4 Å². The minimum Gasteiger partial charge on any atom is -0.496 e. The van der Waals surface area contributed by atoms with E-state index >= 15 is 0 Å². The molecule has 4 nitrogen and oxygen atoms in total. The molecule has 1 N–H and O–H groups in total. The second-order valence-electron chi connectivity index (χ2n) is 8.80. The lowest BCUT2D eigenvalue weighted by atomic mass is 10.1. The first kappa shape index (κ1) is 24.2. The normalized spacial score (nSPS) is 13.0. The van der Waals surface area contributed by atoms with Crippen LogP contribution in [0.15, 0.2) is 84.9 Å². The highest BCUT2D eigenvalue weighted by Crippen LogP contribution is 2.36. The SMILES string of the molecule is COc1ccccc1[C@H](CO)OCCO[Si](c1ccccc1)(c1ccccc1)C(C)(C)C. The molecule has 5 heteroatoms. The Balaban J connectivity index is 1.84. The third-order valence-electron chi connectivity index (χ3n) is 5.79. The fourth-order valence-electron chi connectivity index (χ4n) is 4.32. The number of aliphatic hydroxyl groups excluding tert-OH is 1. The van der Waals surface area contributed by atoms with Crippen molar-refractivity contribution in [1.29, 1.82) is 0 Å². The molecular formula is C27H34O4Si. The molecule has 0 aliphatic heterocycles. The summed E-state index contributed by atoms with van der Waals surface area (Å²) in [5.74, 6) is 0.708. The zero-order chi connectivity index (χ0) is 23.0. The Hall–Kier alpha value is -2.44. The van der Waals surface area contributed by atoms with Crippen LogP contribution in [0.1, 0.15) is 32.4 Å². The molecule has 3 aromatic carbocycles. The van der Waals surface area contributed by atoms with Crippen molar-refractivity contribution in [1.82, 2.24) is 0 Å². The van der Waals surface area contributed by atoms with E-state index in [-0.39, 0.29) is 11.6 Å². The van der Waals surface area contributed by atoms with Gasteiger partial charge < -0.3 is 19.0 Å². The summed E-state index contributed by atoms with van der Waals surface area (Å²) in [6.07, 6.45) is -0.464. The van der Waals surface area contributed by atoms with Gasteiger partial charge in [0.2, 0.25) is 0 Å². The maximum atomic E-state index is 9.93. The summed E-state index contributed by atoms with van der Waals surface area (Å²) in [6, 6.07) is 28.7. The zero-order valence-corrected chi connectivity index (χ0v) is 20.5. The van der Waals surface area contributed by atoms with Crippen molar-refractivity contribution in [3.63, 3.8) is 0 Å². The maximum Gasteiger partial charge on any atom is 0.261 e. The van der Waals surface area contributed by atoms with Crippen LogP contribution in [-0.4, -0.2) is 40.4 Å². The van der Waals surface area contributed by atoms with E-state index in [1.807, 2.05) is 36.4 Å². The molecule has 0 saturated carbocycles. The van der Waals surface area contributed by atoms with Crippen molar-refractivity contribution < 1.29 is 19.0 Å². The average Bonchev–Trinajstić information content (AvgIpc) is 2.82. The van der Waals surface area contributed by atoms with Gasteiger partial charge in [0.25, 0.3) is 8.32 Å². The molecule has 0 amide bonds. The lowest BCUT2D eigenvalue weighted by molar-refractivity contribution is -0.00360. The molecule has 0 fully saturated rings. The molecule has 0 bridgehead atoms. The van der Waals surface area contributed by atoms with Crippen LogP contribution in [0.3, 0.4) is 0 Å². The fourth-order valence-corrected chi connectivity index (χ4v) is 8.86. The van der Waals surface area contributed by atoms with Crippen LogP contribution < -0.4 is 15.1 Å². The van der Waals surface area contributed by atoms with Gasteiger partial charge in [-0.1, -0.05) is 99.6 Å². The molecule has 0 saturated heterocycles. The molecule has 0 radical (unpaired) electrons. The number of ether oxygens (including phenoxy) is 2. The maximum absolute atomic E-state index is 9.93. The van der Waals surface area contributed by atoms with Gasteiger partial charge in [0, 0.05) is 5.56 Å². The monoisotopic (exact) mass is 450 g/mol. The van der Waals surface area contributed by atoms with E-state index in [4.69, 9.17) is 13.9 Å². The van der Waals surface area contributed by atoms with E-state index in [1.54, 1.807) is 7.11 Å². The van der Waals surface area contributed by atoms with Crippen LogP contribution in [0, 0.1) is 0 Å². The van der Waals surface area contributed by atoms with E-state index in [2.05, 4.69) is 69.3 Å². The Bertz CT molecular complexity index is 915. The van der Waals surface area contributed by atoms with Gasteiger partial charge in [-0.15, -0.1) is 0 Å². The molecule has 3 aromatic rings. The standard InChI is InChI=1S/C27H34O4Si/c1-27(2,3)32(22-13-7-5-8-14-22,23-15-9-6-10-16-23)31-20-19-30-26(21-28)24-17-11-12-18-25(24)29-4/h5-18,26,28H,19-21H2,1-4H3/t26-/m0/s1. The smallest absolute Gasteiger partial charge is 0.261 e. The van der Waals surface area contributed by atoms with E-state index in [0.717, 1.165) is 5.56 Å². The van der Waals surface area contributed by atoms with Gasteiger partial charge in [0.15, 0.2) is 0 Å². The van der Waals surface area contributed by atoms with Gasteiger partial charge in [-0.2, -0.15) is 0 Å². The van der Waals surface area contributed by atoms with Crippen molar-refractivity contribution >= 4 is 18.7 Å². The first-order valence-corrected chi connectivity index (χ1v) is 12.9. The number of hydrogen-bond donors (Lipinski definition) is 1. The van der Waals surface area contributed by atoms with Crippen LogP contribution in [0.5, 0.6) is 5.75 Å². The minimum absolute atomic E-state index is 0.0886. The third kappa shape index (κ3) is 5.13. The highest BCUT2D eigenvalue weighted by atomic mass is 28.4. The topological polar surface area (TPSA) is 47.9 Å². The first-order valence-electron chi connectivity index (χ1n) is 11.0. The summed E-state index contributed by atoms with van der Waals surface area (Å²) >= 11 is 0. The molecule has 32 heavy (non-hydrogen) atoms. The van der Waals surface area contributed by atoms with Gasteiger partial charge in [-0.25, -0.2) is 0 Å². The number of benzene rings is 3. The van der Waals surface area contributed by atoms with Gasteiger partial charge >= 0.3 is 0 Å². The van der Waals surface area contributed by atoms with E-state index in [1.165, 1.54) is 10.4 Å². The van der Waals surface area contributed by atoms with Crippen LogP contribution >= 0.6 is 0 Å². The van der Waals surface area contributed by atoms with Gasteiger partial charge in [0.1, 0.15) is 11.9 Å². The summed E-state index contributed by atoms with van der Waals surface area (Å²) in [7, 11) is -0.971. The van der Waals surface area contributed by atoms with Gasteiger partial charge in [0.05, 0.1) is 26.9 Å². The van der Waals surface area contributed by atoms with Crippen molar-refractivity contribution in [2.45, 2.75) is 31.9 Å². The molecule has 3 rings (SSSR count). The quantitative estimate of drug-likeness (QED) is 0.369. The van der Waals surface area contributed by atoms with Crippen LogP contribution in [0.4, 0.5) is 0 Å². The summed E-state index contributed by atoms with van der Waals surface area (Å²) in [4.78, 5) is 0. The second-order valence-corrected chi connectivity index (χ2v) is 13.1. The number of rotatable bonds is 10. The molecule has 0 spiro atoms. The summed E-state index contributed by atoms with van der Waals surface area (Å²) in [5, 5.41) is 12.3. The molecule has 0 aromatic heterocycles. The van der Waals surface area contributed by atoms with Crippen LogP contribution in [-0.2, 0) is 9.16 Å². The average molecular weight is 451 g/mol. The molecule has 170 valence electrons. The van der Waals surface area contributed by atoms with E-state index in [9.17, 15) is 5.11 Å². The van der Waals surface area contributed by atoms with Gasteiger partial charge in [-0.3, -0.25) is 0 Å². The Morgan fingerprint density at radius 1 is 0.781 bits per heavy atom. The summed E-state index contributed by atoms with van der Waals surface area (Å²) in [5.41, 5.74) is 0.836. The molecule has 0 heterocycles. The van der Waals surface area contributed by atoms with Crippen molar-refractivity contribution in [2.75, 3.05) is 26.9 Å². The van der Waals surface area contributed by atoms with Crippen molar-refractivity contribution in [2.24, 2.45) is 0 Å². The van der Waals surface area contributed by atoms with Gasteiger partial charge in [-0.05, 0) is 21.5 Å². The van der Waals surface area contributed by atoms with Crippen LogP contribution in [0.25, 0.3) is 0 Å². The lowest BCUT2D eigenvalue weighted by Crippen LogP contribution is -2.66. The van der Waals surface area contributed by atoms with Crippen molar-refractivity contribution in [3.8, 4) is 5.75 Å². The highest BCUT2D eigenvalue weighted by molar-refractivity contribution is 6.99. The van der Waals surface area contributed by atoms with Crippen LogP contribution in [0.2, 0.25) is 5.04 Å². The number of methoxy groups -OCH3 is 1. The predicted octanol–water partition coefficient (Wildman–Crippen LogP) is 4.32. The largest absolute Gasteiger partial charge is 0.496 e. The number of aliphatic hydroxyl groups is 1. The molecule has 0 aliphatic rings. The Kier molecular flexibility index (Phi) is 8.26. The Morgan fingerprint density at radius 2 is 1.31 bits per heavy atom. The number of para-hydroxylation sites is 1. The Morgan fingerprint density at radius 3 is 1.81 bits per heavy atom. The fraction of sp³-hybridized carbons (Fsp3) is 0.333. The third-order valence-corrected chi connectivity index (χ3v) is 10.8. The molecule has 0 aliphatic carbocycles. The minimum atomic E-state index is -2.60. The molecule has 1 atom stereocenters. The molecular weight excluding hydrogens is 416 g/mol. The molecule has 0 unspecified atom stereocenters. The second kappa shape index (κ2) is 10.9. The Labute approximate surface area is 192 Å². The lowest BCUT2D eigenvalue weighted by Gasteiger charge is -2.43. The van der Waals surface area contributed by atoms with E-state index in [0.29, 0.717) is 19.0 Å². The number of hydrogen-bond acceptors (Lipinski definition) is 4. The highest BCUT2D eigenvalue weighted by Gasteiger charge is 2.50. The first-order chi connectivity index (χ1) is 15.4. The zero-order valence-electron chi connectivity index (χ0n) is 19.5. The predicted molar refractivity (Wildman–Crippen MR) is 132 cm³/mol. The van der Waals surface area contributed by atoms with Crippen molar-refractivity contribution in [3.05, 3.63) is 90.5 Å².